The second-order valence-corrected chi connectivity index (χ2v) is 28.8. The lowest BCUT2D eigenvalue weighted by atomic mass is 9.94. The Morgan fingerprint density at radius 2 is 0.465 bits per heavy atom. The summed E-state index contributed by atoms with van der Waals surface area (Å²) in [5.41, 5.74) is 0. The van der Waals surface area contributed by atoms with Gasteiger partial charge in [0.1, 0.15) is 244 Å². The van der Waals surface area contributed by atoms with E-state index in [0.717, 1.165) is 6.92 Å². The highest BCUT2D eigenvalue weighted by molar-refractivity contribution is 5.73. The molecule has 32 N–H and O–H groups in total. The lowest BCUT2D eigenvalue weighted by Crippen LogP contribution is -2.69. The maximum Gasteiger partial charge on any atom is 0.217 e. The van der Waals surface area contributed by atoms with E-state index in [1.54, 1.807) is 0 Å². The van der Waals surface area contributed by atoms with Gasteiger partial charge < -0.3 is 254 Å². The van der Waals surface area contributed by atoms with E-state index in [0.29, 0.717) is 0 Å². The van der Waals surface area contributed by atoms with Crippen LogP contribution in [0.1, 0.15) is 6.92 Å². The van der Waals surface area contributed by atoms with Crippen molar-refractivity contribution in [3.63, 3.8) is 0 Å². The minimum atomic E-state index is -2.57. The summed E-state index contributed by atoms with van der Waals surface area (Å²) in [6.07, 6.45) is -106. The molecule has 0 saturated carbocycles. The van der Waals surface area contributed by atoms with Crippen LogP contribution in [0.3, 0.4) is 0 Å². The standard InChI is InChI=1S/C62H105NO51/c1-12(72)63-23-33(82)46(20(9-71)98-53(23)95)108-59-45(94)49(111-61-52(39(88)29(78)17(6-68)104-61)114-62-51(38(87)28(77)18(7-69)105-62)113-58-44(93)47(30(79)19(8-70)102-58)109-55-40(89)34(83)24(73)13(2-64)99-55)32(81)22(107-59)10-96-54-43(92)48(110-56-41(90)35(84)25(74)14(3-65)100-56)31(80)21(106-54)11-97-60-50(37(86)27(76)16(5-67)103-60)112-57-42(91)36(85)26(75)15(4-66)101-57/h13-62,64-71,73-95H,2-11H2,1H3,(H,63,72)/t13-,14-,15-,16-,17-,18-,19-,20-,21-,22-,23-,24-,25-,26-,27-,28-,29-,30-,31-,32-,33-,34+,35+,36+,37+,38+,39+,40-,41+,42+,43+,44+,45+,46-,47+,48+,49+,50+,51+,52+,53?,54+,55-,56-,57-,58-,59+,60+,61-,62-/m1/s1. The number of hydrogen-bond acceptors (Lipinski definition) is 51. The third kappa shape index (κ3) is 19.7. The Balaban J connectivity index is 0.963. The van der Waals surface area contributed by atoms with Gasteiger partial charge in [0, 0.05) is 6.92 Å². The highest BCUT2D eigenvalue weighted by atomic mass is 16.8. The zero-order valence-corrected chi connectivity index (χ0v) is 60.0. The van der Waals surface area contributed by atoms with E-state index in [2.05, 4.69) is 5.32 Å². The van der Waals surface area contributed by atoms with Crippen LogP contribution in [0.2, 0.25) is 0 Å². The molecule has 0 aliphatic carbocycles. The Morgan fingerprint density at radius 3 is 0.816 bits per heavy atom. The van der Waals surface area contributed by atoms with Gasteiger partial charge in [0.2, 0.25) is 5.91 Å². The number of ether oxygens (including phenoxy) is 19. The summed E-state index contributed by atoms with van der Waals surface area (Å²) in [5, 5.41) is 343. The first-order valence-electron chi connectivity index (χ1n) is 36.2. The molecule has 52 nitrogen and oxygen atoms in total. The zero-order valence-electron chi connectivity index (χ0n) is 60.0. The number of nitrogens with one attached hydrogen (secondary N) is 1. The number of carbonyl (C=O) groups excluding carboxylic acids is 1. The molecule has 52 heteroatoms. The summed E-state index contributed by atoms with van der Waals surface area (Å²) in [7, 11) is 0. The summed E-state index contributed by atoms with van der Waals surface area (Å²) in [5.74, 6) is -0.878. The summed E-state index contributed by atoms with van der Waals surface area (Å²) in [6.45, 7) is -10.2. The normalized spacial score (nSPS) is 52.6. The van der Waals surface area contributed by atoms with Gasteiger partial charge in [0.05, 0.1) is 66.1 Å². The Labute approximate surface area is 642 Å². The van der Waals surface area contributed by atoms with Crippen molar-refractivity contribution < 1.29 is 253 Å². The Morgan fingerprint density at radius 1 is 0.228 bits per heavy atom. The van der Waals surface area contributed by atoms with Crippen molar-refractivity contribution in [1.82, 2.24) is 5.32 Å². The van der Waals surface area contributed by atoms with Gasteiger partial charge in [-0.2, -0.15) is 0 Å². The Bertz CT molecular complexity index is 2920. The van der Waals surface area contributed by atoms with Gasteiger partial charge in [-0.25, -0.2) is 0 Å². The zero-order chi connectivity index (χ0) is 83.7. The van der Waals surface area contributed by atoms with Gasteiger partial charge in [0.15, 0.2) is 62.9 Å². The number of carbonyl (C=O) groups is 1. The molecule has 10 aliphatic rings. The van der Waals surface area contributed by atoms with Crippen LogP contribution in [0.5, 0.6) is 0 Å². The molecule has 1 amide bonds. The first-order chi connectivity index (χ1) is 54.0. The van der Waals surface area contributed by atoms with Crippen molar-refractivity contribution in [2.75, 3.05) is 66.1 Å². The average Bonchev–Trinajstić information content (AvgIpc) is 0.771. The van der Waals surface area contributed by atoms with Gasteiger partial charge in [-0.3, -0.25) is 4.79 Å². The maximum absolute atomic E-state index is 12.6. The van der Waals surface area contributed by atoms with Crippen molar-refractivity contribution in [3.8, 4) is 0 Å². The molecule has 0 radical (unpaired) electrons. The molecule has 50 atom stereocenters. The van der Waals surface area contributed by atoms with E-state index >= 15 is 0 Å². The third-order valence-electron chi connectivity index (χ3n) is 21.3. The van der Waals surface area contributed by atoms with Gasteiger partial charge >= 0.3 is 0 Å². The topological polar surface area (TPSA) is 832 Å². The lowest BCUT2D eigenvalue weighted by Gasteiger charge is -2.50. The highest BCUT2D eigenvalue weighted by Crippen LogP contribution is 2.40. The van der Waals surface area contributed by atoms with Crippen LogP contribution in [-0.2, 0) is 94.8 Å². The van der Waals surface area contributed by atoms with Crippen LogP contribution >= 0.6 is 0 Å². The van der Waals surface area contributed by atoms with Crippen LogP contribution in [0, 0.1) is 0 Å². The van der Waals surface area contributed by atoms with Crippen LogP contribution in [0.25, 0.3) is 0 Å². The van der Waals surface area contributed by atoms with Gasteiger partial charge in [-0.15, -0.1) is 0 Å². The number of aliphatic hydroxyl groups excluding tert-OH is 31. The molecule has 0 aromatic heterocycles. The van der Waals surface area contributed by atoms with Crippen molar-refractivity contribution in [3.05, 3.63) is 0 Å². The predicted octanol–water partition coefficient (Wildman–Crippen LogP) is -22.7. The largest absolute Gasteiger partial charge is 0.394 e. The molecule has 0 aromatic rings. The van der Waals surface area contributed by atoms with Gasteiger partial charge in [-0.05, 0) is 0 Å². The van der Waals surface area contributed by atoms with Crippen molar-refractivity contribution in [1.29, 1.82) is 0 Å². The number of aliphatic hydroxyl groups is 31. The van der Waals surface area contributed by atoms with Crippen molar-refractivity contribution >= 4 is 5.91 Å². The molecule has 1 unspecified atom stereocenters. The molecule has 10 saturated heterocycles. The molecule has 10 aliphatic heterocycles. The smallest absolute Gasteiger partial charge is 0.217 e. The van der Waals surface area contributed by atoms with E-state index in [9.17, 15) is 163 Å². The Hall–Kier alpha value is -2.53. The molecule has 10 rings (SSSR count). The monoisotopic (exact) mass is 1680 g/mol. The third-order valence-corrected chi connectivity index (χ3v) is 21.3. The molecule has 114 heavy (non-hydrogen) atoms. The summed E-state index contributed by atoms with van der Waals surface area (Å²) < 4.78 is 110. The fraction of sp³-hybridized carbons (Fsp3) is 0.984. The van der Waals surface area contributed by atoms with E-state index in [1.165, 1.54) is 0 Å². The van der Waals surface area contributed by atoms with E-state index in [1.807, 2.05) is 0 Å². The van der Waals surface area contributed by atoms with Crippen molar-refractivity contribution in [2.24, 2.45) is 0 Å². The number of rotatable bonds is 29. The summed E-state index contributed by atoms with van der Waals surface area (Å²) >= 11 is 0. The van der Waals surface area contributed by atoms with Crippen LogP contribution in [0.4, 0.5) is 0 Å². The molecule has 10 heterocycles. The maximum atomic E-state index is 12.6. The second-order valence-electron chi connectivity index (χ2n) is 28.8. The lowest BCUT2D eigenvalue weighted by molar-refractivity contribution is -0.410. The highest BCUT2D eigenvalue weighted by Gasteiger charge is 2.61. The fourth-order valence-electron chi connectivity index (χ4n) is 14.6. The SMILES string of the molecule is CC(=O)N[C@H]1C(O)O[C@H](CO)[C@@H](O[C@@H]2O[C@H](CO[C@H]3O[C@H](CO[C@H]4O[C@H](CO)[C@@H](O)[C@H](O)[C@@H]4O[C@H]4O[C@H](CO)[C@@H](O)[C@H](O)[C@@H]4O)[C@@H](O)[C@H](O[C@H]4O[C@H](CO)[C@@H](O)[C@H](O)[C@@H]4O)[C@@H]3O)[C@@H](O)[C@H](O[C@H]3O[C@H](CO)[C@@H](O)[C@H](O)[C@@H]3O[C@H]3O[C@H](CO)[C@@H](O)[C@H](O)[C@@H]3O[C@H]3O[C@H](CO)[C@@H](O)[C@H](O[C@H]4O[C@H](CO)[C@@H](O)[C@H](O)[C@H]4O)[C@@H]3O)[C@@H]2O)[C@@H]1O. The molecular formula is C62H105NO51. The van der Waals surface area contributed by atoms with Gasteiger partial charge in [-0.1, -0.05) is 0 Å². The summed E-state index contributed by atoms with van der Waals surface area (Å²) in [6, 6.07) is -1.81. The number of amides is 1. The summed E-state index contributed by atoms with van der Waals surface area (Å²) in [4.78, 5) is 12.4. The number of hydrogen-bond donors (Lipinski definition) is 32. The molecule has 0 spiro atoms. The predicted molar refractivity (Wildman–Crippen MR) is 341 cm³/mol. The first-order valence-corrected chi connectivity index (χ1v) is 36.2. The molecule has 10 fully saturated rings. The van der Waals surface area contributed by atoms with E-state index < -0.39 is 379 Å². The van der Waals surface area contributed by atoms with E-state index in [-0.39, 0.29) is 0 Å². The average molecular weight is 1680 g/mol. The second kappa shape index (κ2) is 40.6. The Kier molecular flexibility index (Phi) is 33.4. The van der Waals surface area contributed by atoms with Crippen LogP contribution in [0.15, 0.2) is 0 Å². The van der Waals surface area contributed by atoms with E-state index in [4.69, 9.17) is 90.0 Å². The molecule has 664 valence electrons. The minimum absolute atomic E-state index is 0.878. The quantitative estimate of drug-likeness (QED) is 0.0331. The van der Waals surface area contributed by atoms with Gasteiger partial charge in [0.25, 0.3) is 0 Å². The molecule has 0 aromatic carbocycles. The van der Waals surface area contributed by atoms with Crippen molar-refractivity contribution in [2.45, 2.75) is 314 Å². The fourth-order valence-corrected chi connectivity index (χ4v) is 14.6. The first kappa shape index (κ1) is 93.7. The van der Waals surface area contributed by atoms with Crippen LogP contribution in [-0.4, -0.2) is 537 Å². The molecule has 0 bridgehead atoms. The molecular weight excluding hydrogens is 1570 g/mol. The minimum Gasteiger partial charge on any atom is -0.394 e. The van der Waals surface area contributed by atoms with Crippen LogP contribution < -0.4 is 5.32 Å².